The van der Waals surface area contributed by atoms with Crippen LogP contribution in [0.5, 0.6) is 0 Å². The molecular formula is C10H13NO. The summed E-state index contributed by atoms with van der Waals surface area (Å²) in [6.07, 6.45) is 10.2. The van der Waals surface area contributed by atoms with E-state index in [2.05, 4.69) is 17.5 Å². The Morgan fingerprint density at radius 2 is 2.33 bits per heavy atom. The van der Waals surface area contributed by atoms with Gasteiger partial charge in [0, 0.05) is 6.54 Å². The van der Waals surface area contributed by atoms with E-state index in [9.17, 15) is 0 Å². The van der Waals surface area contributed by atoms with Crippen molar-refractivity contribution in [1.29, 1.82) is 0 Å². The Morgan fingerprint density at radius 3 is 3.00 bits per heavy atom. The fraction of sp³-hybridized carbons (Fsp3) is 0.400. The van der Waals surface area contributed by atoms with Gasteiger partial charge in [0.25, 0.3) is 0 Å². The molecule has 64 valence electrons. The van der Waals surface area contributed by atoms with Crippen LogP contribution in [0, 0.1) is 0 Å². The summed E-state index contributed by atoms with van der Waals surface area (Å²) in [5.74, 6) is 1.05. The average Bonchev–Trinajstić information content (AvgIpc) is 2.21. The van der Waals surface area contributed by atoms with Crippen molar-refractivity contribution in [2.45, 2.75) is 12.8 Å². The zero-order valence-corrected chi connectivity index (χ0v) is 7.05. The molecule has 12 heavy (non-hydrogen) atoms. The second-order valence-electron chi connectivity index (χ2n) is 2.98. The molecule has 2 heteroatoms. The smallest absolute Gasteiger partial charge is 0.125 e. The van der Waals surface area contributed by atoms with E-state index in [1.54, 1.807) is 6.26 Å². The maximum Gasteiger partial charge on any atom is 0.125 e. The van der Waals surface area contributed by atoms with Gasteiger partial charge in [-0.2, -0.15) is 0 Å². The number of hydrogen-bond donors (Lipinski definition) is 1. The molecule has 0 atom stereocenters. The maximum atomic E-state index is 5.40. The summed E-state index contributed by atoms with van der Waals surface area (Å²) in [4.78, 5) is 0. The molecule has 0 bridgehead atoms. The highest BCUT2D eigenvalue weighted by Gasteiger charge is 2.09. The molecule has 0 aromatic carbocycles. The molecule has 2 rings (SSSR count). The number of hydrogen-bond acceptors (Lipinski definition) is 2. The lowest BCUT2D eigenvalue weighted by Gasteiger charge is -2.17. The molecule has 0 aliphatic carbocycles. The van der Waals surface area contributed by atoms with Crippen LogP contribution in [0.15, 0.2) is 35.8 Å². The lowest BCUT2D eigenvalue weighted by atomic mass is 10.1. The first-order valence-electron chi connectivity index (χ1n) is 4.39. The molecule has 0 saturated heterocycles. The van der Waals surface area contributed by atoms with Crippen LogP contribution in [0.1, 0.15) is 12.8 Å². The van der Waals surface area contributed by atoms with E-state index < -0.39 is 0 Å². The van der Waals surface area contributed by atoms with Crippen molar-refractivity contribution in [1.82, 2.24) is 5.32 Å². The zero-order valence-electron chi connectivity index (χ0n) is 7.05. The largest absolute Gasteiger partial charge is 0.465 e. The van der Waals surface area contributed by atoms with Gasteiger partial charge in [0.15, 0.2) is 0 Å². The first kappa shape index (κ1) is 7.62. The maximum absolute atomic E-state index is 5.40. The topological polar surface area (TPSA) is 21.3 Å². The van der Waals surface area contributed by atoms with Crippen LogP contribution < -0.4 is 5.32 Å². The van der Waals surface area contributed by atoms with Crippen LogP contribution in [0.3, 0.4) is 0 Å². The fourth-order valence-corrected chi connectivity index (χ4v) is 1.45. The summed E-state index contributed by atoms with van der Waals surface area (Å²) in [6.45, 7) is 2.04. The Morgan fingerprint density at radius 1 is 1.33 bits per heavy atom. The van der Waals surface area contributed by atoms with Gasteiger partial charge >= 0.3 is 0 Å². The molecule has 2 aliphatic rings. The molecule has 2 heterocycles. The quantitative estimate of drug-likeness (QED) is 0.635. The van der Waals surface area contributed by atoms with Crippen molar-refractivity contribution in [3.63, 3.8) is 0 Å². The first-order chi connectivity index (χ1) is 5.97. The summed E-state index contributed by atoms with van der Waals surface area (Å²) < 4.78 is 5.40. The van der Waals surface area contributed by atoms with Gasteiger partial charge in [-0.3, -0.25) is 0 Å². The highest BCUT2D eigenvalue weighted by Crippen LogP contribution is 2.20. The molecule has 0 radical (unpaired) electrons. The van der Waals surface area contributed by atoms with E-state index in [1.807, 2.05) is 6.08 Å². The van der Waals surface area contributed by atoms with Crippen LogP contribution in [0.25, 0.3) is 0 Å². The van der Waals surface area contributed by atoms with Crippen molar-refractivity contribution in [3.05, 3.63) is 35.8 Å². The van der Waals surface area contributed by atoms with Gasteiger partial charge in [-0.25, -0.2) is 0 Å². The highest BCUT2D eigenvalue weighted by atomic mass is 16.5. The van der Waals surface area contributed by atoms with E-state index in [0.717, 1.165) is 31.7 Å². The predicted octanol–water partition coefficient (Wildman–Crippen LogP) is 1.72. The van der Waals surface area contributed by atoms with Crippen molar-refractivity contribution in [3.8, 4) is 0 Å². The van der Waals surface area contributed by atoms with Gasteiger partial charge in [0.05, 0.1) is 6.26 Å². The standard InChI is InChI=1S/C10H13NO/c1-2-8-12-10(3-1)9-4-6-11-7-5-9/h2-4,8,11H,1,5-7H2. The Balaban J connectivity index is 2.07. The molecule has 0 fully saturated rings. The highest BCUT2D eigenvalue weighted by molar-refractivity contribution is 5.30. The molecule has 0 unspecified atom stereocenters. The monoisotopic (exact) mass is 163 g/mol. The van der Waals surface area contributed by atoms with E-state index in [0.29, 0.717) is 0 Å². The number of allylic oxidation sites excluding steroid dienone is 3. The Kier molecular flexibility index (Phi) is 2.28. The fourth-order valence-electron chi connectivity index (χ4n) is 1.45. The first-order valence-corrected chi connectivity index (χ1v) is 4.39. The Hall–Kier alpha value is -1.02. The van der Waals surface area contributed by atoms with E-state index in [-0.39, 0.29) is 0 Å². The Labute approximate surface area is 72.6 Å². The molecule has 0 amide bonds. The van der Waals surface area contributed by atoms with Gasteiger partial charge in [-0.1, -0.05) is 6.08 Å². The van der Waals surface area contributed by atoms with Gasteiger partial charge < -0.3 is 10.1 Å². The molecule has 2 nitrogen and oxygen atoms in total. The lowest BCUT2D eigenvalue weighted by Crippen LogP contribution is -2.21. The van der Waals surface area contributed by atoms with Crippen molar-refractivity contribution in [2.75, 3.05) is 13.1 Å². The van der Waals surface area contributed by atoms with Gasteiger partial charge in [-0.15, -0.1) is 0 Å². The molecule has 0 aromatic rings. The second-order valence-corrected chi connectivity index (χ2v) is 2.98. The zero-order chi connectivity index (χ0) is 8.23. The van der Waals surface area contributed by atoms with Crippen LogP contribution >= 0.6 is 0 Å². The predicted molar refractivity (Wildman–Crippen MR) is 48.5 cm³/mol. The van der Waals surface area contributed by atoms with Crippen LogP contribution in [0.4, 0.5) is 0 Å². The number of rotatable bonds is 1. The number of nitrogens with one attached hydrogen (secondary N) is 1. The lowest BCUT2D eigenvalue weighted by molar-refractivity contribution is 0.346. The van der Waals surface area contributed by atoms with Gasteiger partial charge in [-0.05, 0) is 37.1 Å². The third kappa shape index (κ3) is 1.59. The van der Waals surface area contributed by atoms with E-state index in [1.165, 1.54) is 5.57 Å². The minimum atomic E-state index is 0.972. The van der Waals surface area contributed by atoms with Gasteiger partial charge in [0.1, 0.15) is 5.76 Å². The van der Waals surface area contributed by atoms with Crippen LogP contribution in [0.2, 0.25) is 0 Å². The van der Waals surface area contributed by atoms with Crippen molar-refractivity contribution >= 4 is 0 Å². The minimum Gasteiger partial charge on any atom is -0.465 e. The third-order valence-corrected chi connectivity index (χ3v) is 2.11. The van der Waals surface area contributed by atoms with E-state index >= 15 is 0 Å². The summed E-state index contributed by atoms with van der Waals surface area (Å²) in [6, 6.07) is 0. The minimum absolute atomic E-state index is 0.972. The normalized spacial score (nSPS) is 22.7. The third-order valence-electron chi connectivity index (χ3n) is 2.11. The number of ether oxygens (including phenoxy) is 1. The van der Waals surface area contributed by atoms with Gasteiger partial charge in [0.2, 0.25) is 0 Å². The van der Waals surface area contributed by atoms with Crippen LogP contribution in [-0.2, 0) is 4.74 Å². The van der Waals surface area contributed by atoms with Crippen molar-refractivity contribution < 1.29 is 4.74 Å². The summed E-state index contributed by atoms with van der Waals surface area (Å²) in [5, 5.41) is 3.28. The van der Waals surface area contributed by atoms with E-state index in [4.69, 9.17) is 4.74 Å². The second kappa shape index (κ2) is 3.59. The van der Waals surface area contributed by atoms with Crippen LogP contribution in [-0.4, -0.2) is 13.1 Å². The summed E-state index contributed by atoms with van der Waals surface area (Å²) in [5.41, 5.74) is 1.35. The van der Waals surface area contributed by atoms with Crippen molar-refractivity contribution in [2.24, 2.45) is 0 Å². The molecule has 0 aromatic heterocycles. The molecule has 2 aliphatic heterocycles. The summed E-state index contributed by atoms with van der Waals surface area (Å²) in [7, 11) is 0. The summed E-state index contributed by atoms with van der Waals surface area (Å²) >= 11 is 0. The molecular weight excluding hydrogens is 150 g/mol. The average molecular weight is 163 g/mol. The molecule has 0 spiro atoms. The SMILES string of the molecule is C1=COC(C2=CCNCC2)=CC1. The molecule has 0 saturated carbocycles. The molecule has 1 N–H and O–H groups in total. The Bertz CT molecular complexity index is 245.